The fraction of sp³-hybridized carbons (Fsp3) is 0.182. The van der Waals surface area contributed by atoms with Gasteiger partial charge in [0.2, 0.25) is 0 Å². The zero-order chi connectivity index (χ0) is 27.1. The molecule has 0 saturated heterocycles. The second-order valence-electron chi connectivity index (χ2n) is 9.28. The van der Waals surface area contributed by atoms with Crippen LogP contribution < -0.4 is 4.74 Å². The predicted molar refractivity (Wildman–Crippen MR) is 145 cm³/mol. The van der Waals surface area contributed by atoms with Gasteiger partial charge in [0, 0.05) is 6.07 Å². The Morgan fingerprint density at radius 2 is 1.53 bits per heavy atom. The molecule has 4 rings (SSSR count). The van der Waals surface area contributed by atoms with Crippen LogP contribution in [0.2, 0.25) is 0 Å². The summed E-state index contributed by atoms with van der Waals surface area (Å²) < 4.78 is 49.2. The number of carbonyl (C=O) groups is 1. The van der Waals surface area contributed by atoms with E-state index < -0.39 is 29.0 Å². The first-order chi connectivity index (χ1) is 18.4. The number of carbonyl (C=O) groups excluding carboxylic acids is 1. The number of halogens is 3. The Hall–Kier alpha value is -4.12. The highest BCUT2D eigenvalue weighted by Gasteiger charge is 2.22. The maximum atomic E-state index is 14.9. The van der Waals surface area contributed by atoms with E-state index in [0.29, 0.717) is 35.4 Å². The van der Waals surface area contributed by atoms with Gasteiger partial charge < -0.3 is 4.74 Å². The molecule has 4 aromatic rings. The molecule has 38 heavy (non-hydrogen) atoms. The Bertz CT molecular complexity index is 1400. The molecule has 0 saturated carbocycles. The number of hydrogen-bond donors (Lipinski definition) is 0. The molecule has 0 amide bonds. The molecule has 0 fully saturated rings. The molecule has 2 nitrogen and oxygen atoms in total. The third-order valence-electron chi connectivity index (χ3n) is 6.50. The van der Waals surface area contributed by atoms with Crippen LogP contribution in [0.4, 0.5) is 13.2 Å². The molecule has 0 aromatic heterocycles. The van der Waals surface area contributed by atoms with Gasteiger partial charge in [0.15, 0.2) is 0 Å². The van der Waals surface area contributed by atoms with Crippen molar-refractivity contribution in [2.45, 2.75) is 39.0 Å². The van der Waals surface area contributed by atoms with Gasteiger partial charge in [-0.25, -0.2) is 18.0 Å². The lowest BCUT2D eigenvalue weighted by atomic mass is 9.93. The molecule has 0 N–H and O–H groups in total. The van der Waals surface area contributed by atoms with Crippen molar-refractivity contribution in [1.29, 1.82) is 0 Å². The van der Waals surface area contributed by atoms with E-state index in [0.717, 1.165) is 30.2 Å². The van der Waals surface area contributed by atoms with Crippen LogP contribution in [-0.2, 0) is 12.8 Å². The summed E-state index contributed by atoms with van der Waals surface area (Å²) in [5.41, 5.74) is 2.91. The van der Waals surface area contributed by atoms with Crippen LogP contribution in [-0.4, -0.2) is 5.97 Å². The van der Waals surface area contributed by atoms with Crippen LogP contribution in [0.5, 0.6) is 5.75 Å². The first-order valence-electron chi connectivity index (χ1n) is 12.6. The normalized spacial score (nSPS) is 12.0. The molecule has 1 atom stereocenters. The lowest BCUT2D eigenvalue weighted by molar-refractivity contribution is 0.0724. The summed E-state index contributed by atoms with van der Waals surface area (Å²) in [6.45, 7) is 4.04. The molecule has 0 aliphatic rings. The lowest BCUT2D eigenvalue weighted by Gasteiger charge is -2.13. The molecule has 5 heteroatoms. The summed E-state index contributed by atoms with van der Waals surface area (Å²) in [6.07, 6.45) is 5.79. The minimum Gasteiger partial charge on any atom is -0.423 e. The van der Waals surface area contributed by atoms with E-state index in [1.807, 2.05) is 49.4 Å². The van der Waals surface area contributed by atoms with Crippen LogP contribution in [0, 0.1) is 17.5 Å². The standard InChI is InChI=1S/C33H29F3O2/c1-3-4-6-11-26-16-17-28(21-29(26)34)38-33(37)32-30(35)19-27(20-31(32)36)25-14-12-23(13-15-25)18-22(2)24-9-7-5-8-10-24/h3-5,7-10,12-17,19-22H,6,11,18H2,1-2H3/t22-/m0/s1. The van der Waals surface area contributed by atoms with Gasteiger partial charge in [-0.15, -0.1) is 0 Å². The molecule has 4 aromatic carbocycles. The van der Waals surface area contributed by atoms with Crippen molar-refractivity contribution in [2.24, 2.45) is 0 Å². The number of ether oxygens (including phenoxy) is 1. The van der Waals surface area contributed by atoms with Crippen molar-refractivity contribution in [3.63, 3.8) is 0 Å². The number of benzene rings is 4. The van der Waals surface area contributed by atoms with Crippen molar-refractivity contribution in [2.75, 3.05) is 0 Å². The van der Waals surface area contributed by atoms with Gasteiger partial charge in [-0.1, -0.05) is 79.7 Å². The zero-order valence-electron chi connectivity index (χ0n) is 21.4. The molecular formula is C33H29F3O2. The van der Waals surface area contributed by atoms with E-state index >= 15 is 0 Å². The van der Waals surface area contributed by atoms with Crippen molar-refractivity contribution in [1.82, 2.24) is 0 Å². The van der Waals surface area contributed by atoms with E-state index in [-0.39, 0.29) is 5.75 Å². The molecule has 0 radical (unpaired) electrons. The van der Waals surface area contributed by atoms with E-state index in [4.69, 9.17) is 4.74 Å². The SMILES string of the molecule is CC=CCCc1ccc(OC(=O)c2c(F)cc(-c3ccc(C[C@H](C)c4ccccc4)cc3)cc2F)cc1F. The molecule has 0 bridgehead atoms. The van der Waals surface area contributed by atoms with Crippen LogP contribution in [0.25, 0.3) is 11.1 Å². The van der Waals surface area contributed by atoms with Crippen molar-refractivity contribution < 1.29 is 22.7 Å². The number of hydrogen-bond acceptors (Lipinski definition) is 2. The average Bonchev–Trinajstić information content (AvgIpc) is 2.90. The number of aryl methyl sites for hydroxylation is 1. The van der Waals surface area contributed by atoms with E-state index in [1.54, 1.807) is 12.1 Å². The minimum absolute atomic E-state index is 0.120. The van der Waals surface area contributed by atoms with Gasteiger partial charge in [-0.2, -0.15) is 0 Å². The third kappa shape index (κ3) is 6.60. The average molecular weight is 515 g/mol. The number of esters is 1. The second-order valence-corrected chi connectivity index (χ2v) is 9.28. The quantitative estimate of drug-likeness (QED) is 0.127. The zero-order valence-corrected chi connectivity index (χ0v) is 21.4. The van der Waals surface area contributed by atoms with Crippen molar-refractivity contribution >= 4 is 5.97 Å². The molecule has 0 spiro atoms. The fourth-order valence-corrected chi connectivity index (χ4v) is 4.38. The Morgan fingerprint density at radius 1 is 0.842 bits per heavy atom. The van der Waals surface area contributed by atoms with Gasteiger partial charge in [0.05, 0.1) is 0 Å². The smallest absolute Gasteiger partial charge is 0.349 e. The molecule has 0 aliphatic heterocycles. The first-order valence-corrected chi connectivity index (χ1v) is 12.6. The summed E-state index contributed by atoms with van der Waals surface area (Å²) >= 11 is 0. The summed E-state index contributed by atoms with van der Waals surface area (Å²) in [4.78, 5) is 12.5. The van der Waals surface area contributed by atoms with Crippen LogP contribution >= 0.6 is 0 Å². The minimum atomic E-state index is -1.22. The maximum Gasteiger partial charge on any atom is 0.349 e. The van der Waals surface area contributed by atoms with Crippen molar-refractivity contribution in [3.05, 3.63) is 137 Å². The highest BCUT2D eigenvalue weighted by molar-refractivity contribution is 5.92. The second kappa shape index (κ2) is 12.4. The lowest BCUT2D eigenvalue weighted by Crippen LogP contribution is -2.13. The van der Waals surface area contributed by atoms with Gasteiger partial charge >= 0.3 is 5.97 Å². The number of rotatable bonds is 9. The van der Waals surface area contributed by atoms with Crippen LogP contribution in [0.1, 0.15) is 53.2 Å². The molecular weight excluding hydrogens is 485 g/mol. The molecule has 194 valence electrons. The number of allylic oxidation sites excluding steroid dienone is 2. The molecule has 0 unspecified atom stereocenters. The van der Waals surface area contributed by atoms with E-state index in [9.17, 15) is 18.0 Å². The third-order valence-corrected chi connectivity index (χ3v) is 6.50. The summed E-state index contributed by atoms with van der Waals surface area (Å²) in [6, 6.07) is 23.8. The monoisotopic (exact) mass is 514 g/mol. The highest BCUT2D eigenvalue weighted by atomic mass is 19.1. The first kappa shape index (κ1) is 26.9. The van der Waals surface area contributed by atoms with E-state index in [1.165, 1.54) is 17.7 Å². The van der Waals surface area contributed by atoms with Gasteiger partial charge in [0.25, 0.3) is 0 Å². The van der Waals surface area contributed by atoms with Crippen LogP contribution in [0.3, 0.4) is 0 Å². The predicted octanol–water partition coefficient (Wildman–Crippen LogP) is 8.85. The molecule has 0 heterocycles. The van der Waals surface area contributed by atoms with Gasteiger partial charge in [-0.05, 0) is 78.1 Å². The Balaban J connectivity index is 1.46. The Morgan fingerprint density at radius 3 is 2.16 bits per heavy atom. The highest BCUT2D eigenvalue weighted by Crippen LogP contribution is 2.28. The van der Waals surface area contributed by atoms with Gasteiger partial charge in [0.1, 0.15) is 28.8 Å². The summed E-state index contributed by atoms with van der Waals surface area (Å²) in [5.74, 6) is -3.66. The topological polar surface area (TPSA) is 26.3 Å². The maximum absolute atomic E-state index is 14.9. The largest absolute Gasteiger partial charge is 0.423 e. The Kier molecular flexibility index (Phi) is 8.80. The van der Waals surface area contributed by atoms with Crippen LogP contribution in [0.15, 0.2) is 97.1 Å². The van der Waals surface area contributed by atoms with Gasteiger partial charge in [-0.3, -0.25) is 0 Å². The Labute approximate surface area is 221 Å². The van der Waals surface area contributed by atoms with Crippen molar-refractivity contribution in [3.8, 4) is 16.9 Å². The van der Waals surface area contributed by atoms with E-state index in [2.05, 4.69) is 19.1 Å². The summed E-state index contributed by atoms with van der Waals surface area (Å²) in [5, 5.41) is 0. The summed E-state index contributed by atoms with van der Waals surface area (Å²) in [7, 11) is 0. The fourth-order valence-electron chi connectivity index (χ4n) is 4.38. The molecule has 0 aliphatic carbocycles.